The van der Waals surface area contributed by atoms with Crippen LogP contribution in [0.25, 0.3) is 0 Å². The molecule has 100 valence electrons. The van der Waals surface area contributed by atoms with E-state index in [1.807, 2.05) is 13.1 Å². The van der Waals surface area contributed by atoms with Gasteiger partial charge in [0.2, 0.25) is 0 Å². The topological polar surface area (TPSA) is 56.9 Å². The van der Waals surface area contributed by atoms with Crippen molar-refractivity contribution in [3.8, 4) is 0 Å². The van der Waals surface area contributed by atoms with Crippen LogP contribution in [0.15, 0.2) is 21.8 Å². The molecular formula is C12H21N5O. The van der Waals surface area contributed by atoms with Crippen molar-refractivity contribution in [3.05, 3.63) is 18.0 Å². The van der Waals surface area contributed by atoms with Gasteiger partial charge in [0.15, 0.2) is 5.96 Å². The van der Waals surface area contributed by atoms with Gasteiger partial charge in [0.25, 0.3) is 0 Å². The summed E-state index contributed by atoms with van der Waals surface area (Å²) in [4.78, 5) is 8.96. The fourth-order valence-corrected chi connectivity index (χ4v) is 2.16. The molecule has 2 rings (SSSR count). The molecule has 0 unspecified atom stereocenters. The highest BCUT2D eigenvalue weighted by molar-refractivity contribution is 5.79. The second-order valence-electron chi connectivity index (χ2n) is 4.33. The van der Waals surface area contributed by atoms with E-state index in [0.29, 0.717) is 0 Å². The standard InChI is InChI=1S/C12H21N5O/c1-3-14-12(13-2)17-7-5-16(6-8-17)10-11-4-9-18-15-11/h4,9H,3,5-8,10H2,1-2H3,(H,13,14). The molecule has 0 amide bonds. The Morgan fingerprint density at radius 3 is 2.78 bits per heavy atom. The zero-order chi connectivity index (χ0) is 12.8. The lowest BCUT2D eigenvalue weighted by atomic mass is 10.3. The first-order valence-electron chi connectivity index (χ1n) is 6.40. The minimum Gasteiger partial charge on any atom is -0.364 e. The lowest BCUT2D eigenvalue weighted by Crippen LogP contribution is -2.52. The Hall–Kier alpha value is -1.56. The molecule has 1 aromatic heterocycles. The largest absolute Gasteiger partial charge is 0.364 e. The highest BCUT2D eigenvalue weighted by Gasteiger charge is 2.19. The lowest BCUT2D eigenvalue weighted by molar-refractivity contribution is 0.169. The third kappa shape index (κ3) is 3.22. The van der Waals surface area contributed by atoms with Crippen molar-refractivity contribution < 1.29 is 4.52 Å². The number of aliphatic imine (C=N–C) groups is 1. The van der Waals surface area contributed by atoms with E-state index in [1.54, 1.807) is 6.26 Å². The smallest absolute Gasteiger partial charge is 0.193 e. The number of hydrogen-bond donors (Lipinski definition) is 1. The number of nitrogens with zero attached hydrogens (tertiary/aromatic N) is 4. The molecule has 0 radical (unpaired) electrons. The van der Waals surface area contributed by atoms with E-state index in [4.69, 9.17) is 4.52 Å². The second kappa shape index (κ2) is 6.39. The molecule has 1 saturated heterocycles. The average molecular weight is 251 g/mol. The molecule has 1 aliphatic heterocycles. The van der Waals surface area contributed by atoms with Gasteiger partial charge >= 0.3 is 0 Å². The Morgan fingerprint density at radius 1 is 1.44 bits per heavy atom. The predicted molar refractivity (Wildman–Crippen MR) is 70.4 cm³/mol. The molecule has 0 bridgehead atoms. The molecule has 1 fully saturated rings. The number of piperazine rings is 1. The summed E-state index contributed by atoms with van der Waals surface area (Å²) in [7, 11) is 1.83. The third-order valence-electron chi connectivity index (χ3n) is 3.10. The summed E-state index contributed by atoms with van der Waals surface area (Å²) in [6, 6.07) is 1.92. The van der Waals surface area contributed by atoms with Crippen molar-refractivity contribution in [2.45, 2.75) is 13.5 Å². The van der Waals surface area contributed by atoms with Crippen LogP contribution in [-0.2, 0) is 6.54 Å². The number of guanidine groups is 1. The van der Waals surface area contributed by atoms with Crippen molar-refractivity contribution in [3.63, 3.8) is 0 Å². The molecule has 1 aliphatic rings. The maximum absolute atomic E-state index is 4.85. The Kier molecular flexibility index (Phi) is 4.58. The van der Waals surface area contributed by atoms with E-state index in [1.165, 1.54) is 0 Å². The average Bonchev–Trinajstić information content (AvgIpc) is 2.90. The van der Waals surface area contributed by atoms with Gasteiger partial charge in [-0.1, -0.05) is 5.16 Å². The van der Waals surface area contributed by atoms with E-state index >= 15 is 0 Å². The zero-order valence-corrected chi connectivity index (χ0v) is 11.1. The highest BCUT2D eigenvalue weighted by Crippen LogP contribution is 2.07. The van der Waals surface area contributed by atoms with Crippen LogP contribution >= 0.6 is 0 Å². The molecule has 0 aliphatic carbocycles. The lowest BCUT2D eigenvalue weighted by Gasteiger charge is -2.36. The summed E-state index contributed by atoms with van der Waals surface area (Å²) in [5.41, 5.74) is 1.000. The molecule has 6 nitrogen and oxygen atoms in total. The van der Waals surface area contributed by atoms with E-state index in [0.717, 1.165) is 50.9 Å². The molecule has 6 heteroatoms. The number of nitrogens with one attached hydrogen (secondary N) is 1. The molecule has 0 spiro atoms. The van der Waals surface area contributed by atoms with Crippen molar-refractivity contribution in [2.75, 3.05) is 39.8 Å². The normalized spacial score (nSPS) is 18.1. The van der Waals surface area contributed by atoms with Crippen molar-refractivity contribution in [1.29, 1.82) is 0 Å². The minimum atomic E-state index is 0.865. The molecule has 18 heavy (non-hydrogen) atoms. The molecular weight excluding hydrogens is 230 g/mol. The van der Waals surface area contributed by atoms with Crippen molar-refractivity contribution in [2.24, 2.45) is 4.99 Å². The van der Waals surface area contributed by atoms with Gasteiger partial charge in [0.05, 0.1) is 5.69 Å². The van der Waals surface area contributed by atoms with Crippen LogP contribution in [0.5, 0.6) is 0 Å². The SMILES string of the molecule is CCNC(=NC)N1CCN(Cc2ccon2)CC1. The summed E-state index contributed by atoms with van der Waals surface area (Å²) < 4.78 is 4.85. The van der Waals surface area contributed by atoms with Crippen LogP contribution in [0.3, 0.4) is 0 Å². The van der Waals surface area contributed by atoms with Gasteiger partial charge in [-0.25, -0.2) is 0 Å². The summed E-state index contributed by atoms with van der Waals surface area (Å²) in [5, 5.41) is 7.24. The van der Waals surface area contributed by atoms with Gasteiger partial charge in [-0.2, -0.15) is 0 Å². The Morgan fingerprint density at radius 2 is 2.22 bits per heavy atom. The second-order valence-corrected chi connectivity index (χ2v) is 4.33. The maximum Gasteiger partial charge on any atom is 0.193 e. The monoisotopic (exact) mass is 251 g/mol. The quantitative estimate of drug-likeness (QED) is 0.622. The fraction of sp³-hybridized carbons (Fsp3) is 0.667. The Bertz CT molecular complexity index is 368. The van der Waals surface area contributed by atoms with E-state index < -0.39 is 0 Å². The van der Waals surface area contributed by atoms with E-state index in [2.05, 4.69) is 32.2 Å². The first-order valence-corrected chi connectivity index (χ1v) is 6.40. The highest BCUT2D eigenvalue weighted by atomic mass is 16.5. The fourth-order valence-electron chi connectivity index (χ4n) is 2.16. The number of aromatic nitrogens is 1. The molecule has 0 atom stereocenters. The molecule has 1 aromatic rings. The minimum absolute atomic E-state index is 0.865. The first-order chi connectivity index (χ1) is 8.83. The van der Waals surface area contributed by atoms with Crippen LogP contribution in [0.2, 0.25) is 0 Å². The molecule has 0 saturated carbocycles. The summed E-state index contributed by atoms with van der Waals surface area (Å²) in [5.74, 6) is 0.999. The van der Waals surface area contributed by atoms with Crippen molar-refractivity contribution >= 4 is 5.96 Å². The van der Waals surface area contributed by atoms with Crippen LogP contribution < -0.4 is 5.32 Å². The number of rotatable bonds is 3. The predicted octanol–water partition coefficient (Wildman–Crippen LogP) is 0.387. The Balaban J connectivity index is 1.80. The van der Waals surface area contributed by atoms with Crippen LogP contribution in [-0.4, -0.2) is 60.7 Å². The summed E-state index contributed by atoms with van der Waals surface area (Å²) >= 11 is 0. The van der Waals surface area contributed by atoms with Gasteiger partial charge in [0, 0.05) is 52.4 Å². The summed E-state index contributed by atoms with van der Waals surface area (Å²) in [6.45, 7) is 7.91. The van der Waals surface area contributed by atoms with Gasteiger partial charge in [0.1, 0.15) is 6.26 Å². The van der Waals surface area contributed by atoms with Gasteiger partial charge in [-0.3, -0.25) is 9.89 Å². The Labute approximate surface area is 108 Å². The van der Waals surface area contributed by atoms with Gasteiger partial charge < -0.3 is 14.7 Å². The van der Waals surface area contributed by atoms with Crippen LogP contribution in [0.1, 0.15) is 12.6 Å². The van der Waals surface area contributed by atoms with Crippen molar-refractivity contribution in [1.82, 2.24) is 20.3 Å². The van der Waals surface area contributed by atoms with Crippen LogP contribution in [0.4, 0.5) is 0 Å². The maximum atomic E-state index is 4.85. The van der Waals surface area contributed by atoms with Gasteiger partial charge in [-0.15, -0.1) is 0 Å². The molecule has 1 N–H and O–H groups in total. The van der Waals surface area contributed by atoms with Crippen LogP contribution in [0, 0.1) is 0 Å². The number of hydrogen-bond acceptors (Lipinski definition) is 4. The molecule has 2 heterocycles. The first kappa shape index (κ1) is 12.9. The molecule has 0 aromatic carbocycles. The third-order valence-corrected chi connectivity index (χ3v) is 3.10. The van der Waals surface area contributed by atoms with Gasteiger partial charge in [-0.05, 0) is 6.92 Å². The van der Waals surface area contributed by atoms with E-state index in [9.17, 15) is 0 Å². The zero-order valence-electron chi connectivity index (χ0n) is 11.1. The summed E-state index contributed by atoms with van der Waals surface area (Å²) in [6.07, 6.45) is 1.62. The van der Waals surface area contributed by atoms with E-state index in [-0.39, 0.29) is 0 Å².